The lowest BCUT2D eigenvalue weighted by atomic mass is 10.1. The smallest absolute Gasteiger partial charge is 0.416 e. The van der Waals surface area contributed by atoms with Crippen molar-refractivity contribution in [1.82, 2.24) is 15.1 Å². The predicted molar refractivity (Wildman–Crippen MR) is 100 cm³/mol. The molecule has 2 aromatic carbocycles. The molecule has 156 valence electrons. The number of hydrogen-bond donors (Lipinski definition) is 1. The molecule has 3 aromatic rings. The molecule has 0 aliphatic carbocycles. The van der Waals surface area contributed by atoms with Crippen molar-refractivity contribution in [2.75, 3.05) is 13.4 Å². The third-order valence-corrected chi connectivity index (χ3v) is 5.23. The molecule has 5 rings (SSSR count). The number of benzene rings is 2. The fourth-order valence-electron chi connectivity index (χ4n) is 3.66. The number of aromatic nitrogens is 2. The van der Waals surface area contributed by atoms with Crippen LogP contribution in [0, 0.1) is 0 Å². The van der Waals surface area contributed by atoms with Gasteiger partial charge >= 0.3 is 6.18 Å². The molecule has 9 heteroatoms. The summed E-state index contributed by atoms with van der Waals surface area (Å²) in [5.74, 6) is 1.46. The summed E-state index contributed by atoms with van der Waals surface area (Å²) in [5.41, 5.74) is 2.71. The Morgan fingerprint density at radius 1 is 1.07 bits per heavy atom. The first-order chi connectivity index (χ1) is 14.5. The van der Waals surface area contributed by atoms with Crippen LogP contribution >= 0.6 is 0 Å². The number of halogens is 3. The maximum absolute atomic E-state index is 12.8. The van der Waals surface area contributed by atoms with E-state index in [1.165, 1.54) is 12.1 Å². The Morgan fingerprint density at radius 2 is 1.87 bits per heavy atom. The lowest BCUT2D eigenvalue weighted by Gasteiger charge is -2.24. The van der Waals surface area contributed by atoms with Crippen molar-refractivity contribution in [1.29, 1.82) is 0 Å². The fraction of sp³-hybridized carbons (Fsp3) is 0.286. The summed E-state index contributed by atoms with van der Waals surface area (Å²) in [7, 11) is 0. The second kappa shape index (κ2) is 7.33. The minimum atomic E-state index is -4.37. The van der Waals surface area contributed by atoms with Crippen LogP contribution in [0.25, 0.3) is 5.69 Å². The largest absolute Gasteiger partial charge is 0.454 e. The SMILES string of the molecule is FC(F)(F)c1ccc(-n2ncc3c2COC[C@@H]3NCc2ccc3c(c2)OCO3)cc1. The lowest BCUT2D eigenvalue weighted by Crippen LogP contribution is -2.29. The third-order valence-electron chi connectivity index (χ3n) is 5.23. The normalized spacial score (nSPS) is 17.8. The van der Waals surface area contributed by atoms with E-state index < -0.39 is 11.7 Å². The van der Waals surface area contributed by atoms with Crippen molar-refractivity contribution < 1.29 is 27.4 Å². The van der Waals surface area contributed by atoms with Gasteiger partial charge in [0.25, 0.3) is 0 Å². The average molecular weight is 417 g/mol. The van der Waals surface area contributed by atoms with E-state index in [0.29, 0.717) is 25.4 Å². The number of rotatable bonds is 4. The minimum absolute atomic E-state index is 0.0811. The summed E-state index contributed by atoms with van der Waals surface area (Å²) in [5, 5.41) is 7.85. The monoisotopic (exact) mass is 417 g/mol. The molecule has 0 fully saturated rings. The van der Waals surface area contributed by atoms with Crippen LogP contribution in [0.3, 0.4) is 0 Å². The van der Waals surface area contributed by atoms with E-state index in [9.17, 15) is 13.2 Å². The highest BCUT2D eigenvalue weighted by atomic mass is 19.4. The van der Waals surface area contributed by atoms with Crippen LogP contribution in [-0.2, 0) is 24.1 Å². The summed E-state index contributed by atoms with van der Waals surface area (Å²) < 4.78 is 56.5. The molecule has 0 radical (unpaired) electrons. The molecule has 6 nitrogen and oxygen atoms in total. The van der Waals surface area contributed by atoms with Crippen LogP contribution in [0.4, 0.5) is 13.2 Å². The second-order valence-corrected chi connectivity index (χ2v) is 7.14. The summed E-state index contributed by atoms with van der Waals surface area (Å²) in [6.07, 6.45) is -2.62. The summed E-state index contributed by atoms with van der Waals surface area (Å²) in [4.78, 5) is 0. The van der Waals surface area contributed by atoms with Crippen LogP contribution in [0.2, 0.25) is 0 Å². The molecule has 0 saturated carbocycles. The van der Waals surface area contributed by atoms with Gasteiger partial charge in [0.05, 0.1) is 42.4 Å². The van der Waals surface area contributed by atoms with Crippen LogP contribution in [0.5, 0.6) is 11.5 Å². The quantitative estimate of drug-likeness (QED) is 0.696. The van der Waals surface area contributed by atoms with Gasteiger partial charge in [-0.3, -0.25) is 0 Å². The second-order valence-electron chi connectivity index (χ2n) is 7.14. The minimum Gasteiger partial charge on any atom is -0.454 e. The molecule has 3 heterocycles. The van der Waals surface area contributed by atoms with Crippen LogP contribution in [0.1, 0.15) is 28.4 Å². The van der Waals surface area contributed by atoms with Gasteiger partial charge in [0, 0.05) is 12.1 Å². The van der Waals surface area contributed by atoms with Gasteiger partial charge in [-0.25, -0.2) is 4.68 Å². The summed E-state index contributed by atoms with van der Waals surface area (Å²) >= 11 is 0. The molecule has 1 atom stereocenters. The first kappa shape index (κ1) is 19.0. The number of nitrogens with one attached hydrogen (secondary N) is 1. The van der Waals surface area contributed by atoms with E-state index in [1.54, 1.807) is 10.9 Å². The molecule has 0 bridgehead atoms. The van der Waals surface area contributed by atoms with Gasteiger partial charge in [0.15, 0.2) is 11.5 Å². The average Bonchev–Trinajstić information content (AvgIpc) is 3.38. The van der Waals surface area contributed by atoms with Gasteiger partial charge in [-0.05, 0) is 42.0 Å². The van der Waals surface area contributed by atoms with E-state index in [1.807, 2.05) is 18.2 Å². The standard InChI is InChI=1S/C21H18F3N3O3/c22-21(23,24)14-2-4-15(5-3-14)27-18-11-28-10-17(16(18)9-26-27)25-8-13-1-6-19-20(7-13)30-12-29-19/h1-7,9,17,25H,8,10-12H2/t17-/m0/s1. The summed E-state index contributed by atoms with van der Waals surface area (Å²) in [6, 6.07) is 10.7. The van der Waals surface area contributed by atoms with Gasteiger partial charge in [0.2, 0.25) is 6.79 Å². The van der Waals surface area contributed by atoms with E-state index in [4.69, 9.17) is 14.2 Å². The molecule has 0 amide bonds. The molecule has 0 unspecified atom stereocenters. The van der Waals surface area contributed by atoms with Crippen molar-refractivity contribution in [2.24, 2.45) is 0 Å². The zero-order chi connectivity index (χ0) is 20.7. The van der Waals surface area contributed by atoms with Gasteiger partial charge in [-0.2, -0.15) is 18.3 Å². The van der Waals surface area contributed by atoms with Crippen molar-refractivity contribution in [3.05, 3.63) is 71.0 Å². The molecule has 0 spiro atoms. The zero-order valence-corrected chi connectivity index (χ0v) is 15.8. The fourth-order valence-corrected chi connectivity index (χ4v) is 3.66. The number of nitrogens with zero attached hydrogens (tertiary/aromatic N) is 2. The number of ether oxygens (including phenoxy) is 3. The van der Waals surface area contributed by atoms with E-state index in [-0.39, 0.29) is 12.8 Å². The highest BCUT2D eigenvalue weighted by Gasteiger charge is 2.30. The third kappa shape index (κ3) is 3.50. The van der Waals surface area contributed by atoms with Gasteiger partial charge in [-0.1, -0.05) is 6.07 Å². The zero-order valence-electron chi connectivity index (χ0n) is 15.8. The molecular formula is C21H18F3N3O3. The van der Waals surface area contributed by atoms with E-state index in [2.05, 4.69) is 10.4 Å². The summed E-state index contributed by atoms with van der Waals surface area (Å²) in [6.45, 7) is 1.65. The van der Waals surface area contributed by atoms with Gasteiger partial charge in [0.1, 0.15) is 0 Å². The highest BCUT2D eigenvalue weighted by molar-refractivity contribution is 5.44. The van der Waals surface area contributed by atoms with Crippen LogP contribution in [-0.4, -0.2) is 23.2 Å². The number of hydrogen-bond acceptors (Lipinski definition) is 5. The Balaban J connectivity index is 1.34. The Morgan fingerprint density at radius 3 is 2.67 bits per heavy atom. The van der Waals surface area contributed by atoms with Crippen molar-refractivity contribution in [3.8, 4) is 17.2 Å². The Hall–Kier alpha value is -3.04. The molecule has 2 aliphatic heterocycles. The van der Waals surface area contributed by atoms with Gasteiger partial charge < -0.3 is 19.5 Å². The topological polar surface area (TPSA) is 57.5 Å². The van der Waals surface area contributed by atoms with E-state index in [0.717, 1.165) is 40.5 Å². The molecule has 0 saturated heterocycles. The number of alkyl halides is 3. The van der Waals surface area contributed by atoms with E-state index >= 15 is 0 Å². The van der Waals surface area contributed by atoms with Crippen molar-refractivity contribution in [3.63, 3.8) is 0 Å². The first-order valence-electron chi connectivity index (χ1n) is 9.43. The molecular weight excluding hydrogens is 399 g/mol. The molecule has 1 N–H and O–H groups in total. The molecule has 30 heavy (non-hydrogen) atoms. The van der Waals surface area contributed by atoms with Crippen molar-refractivity contribution in [2.45, 2.75) is 25.4 Å². The van der Waals surface area contributed by atoms with Crippen molar-refractivity contribution >= 4 is 0 Å². The Kier molecular flexibility index (Phi) is 4.63. The Labute approximate surface area is 170 Å². The van der Waals surface area contributed by atoms with Crippen LogP contribution in [0.15, 0.2) is 48.7 Å². The predicted octanol–water partition coefficient (Wildman–Crippen LogP) is 3.98. The maximum atomic E-state index is 12.8. The highest BCUT2D eigenvalue weighted by Crippen LogP contribution is 2.33. The maximum Gasteiger partial charge on any atom is 0.416 e. The Bertz CT molecular complexity index is 1060. The molecule has 2 aliphatic rings. The number of fused-ring (bicyclic) bond motifs is 2. The van der Waals surface area contributed by atoms with Gasteiger partial charge in [-0.15, -0.1) is 0 Å². The lowest BCUT2D eigenvalue weighted by molar-refractivity contribution is -0.137. The molecule has 1 aromatic heterocycles. The first-order valence-corrected chi connectivity index (χ1v) is 9.43. The van der Waals surface area contributed by atoms with Crippen LogP contribution < -0.4 is 14.8 Å².